The van der Waals surface area contributed by atoms with Crippen LogP contribution >= 0.6 is 0 Å². The van der Waals surface area contributed by atoms with Crippen LogP contribution in [0.1, 0.15) is 41.0 Å². The quantitative estimate of drug-likeness (QED) is 0.0990. The maximum Gasteiger partial charge on any atom is 0.326 e. The number of amides is 2. The molecule has 260 valence electrons. The van der Waals surface area contributed by atoms with Crippen molar-refractivity contribution in [3.8, 4) is 22.5 Å². The summed E-state index contributed by atoms with van der Waals surface area (Å²) in [6.07, 6.45) is 6.24. The zero-order valence-electron chi connectivity index (χ0n) is 30.5. The van der Waals surface area contributed by atoms with Crippen molar-refractivity contribution in [2.75, 3.05) is 31.2 Å². The molecular formula is C35H54N8O3Si2. The molecule has 4 heterocycles. The van der Waals surface area contributed by atoms with Gasteiger partial charge in [-0.05, 0) is 48.1 Å². The van der Waals surface area contributed by atoms with Crippen LogP contribution in [0.4, 0.5) is 10.6 Å². The van der Waals surface area contributed by atoms with Crippen molar-refractivity contribution in [2.24, 2.45) is 5.92 Å². The molecule has 2 amide bonds. The van der Waals surface area contributed by atoms with E-state index in [2.05, 4.69) is 82.5 Å². The molecular weight excluding hydrogens is 637 g/mol. The van der Waals surface area contributed by atoms with Gasteiger partial charge in [0.15, 0.2) is 19.8 Å². The summed E-state index contributed by atoms with van der Waals surface area (Å²) in [5, 5.41) is 9.33. The van der Waals surface area contributed by atoms with Gasteiger partial charge in [-0.2, -0.15) is 5.10 Å². The summed E-state index contributed by atoms with van der Waals surface area (Å²) in [7, 11) is -2.95. The minimum atomic E-state index is -1.82. The molecule has 5 rings (SSSR count). The molecule has 1 aliphatic heterocycles. The highest BCUT2D eigenvalue weighted by atomic mass is 28.4. The number of aromatic nitrogens is 6. The van der Waals surface area contributed by atoms with Gasteiger partial charge in [0.25, 0.3) is 0 Å². The lowest BCUT2D eigenvalue weighted by molar-refractivity contribution is 0.0785. The number of carbonyl (C=O) groups is 1. The topological polar surface area (TPSA) is 103 Å². The molecule has 0 unspecified atom stereocenters. The van der Waals surface area contributed by atoms with Crippen molar-refractivity contribution in [3.05, 3.63) is 49.1 Å². The van der Waals surface area contributed by atoms with E-state index in [0.29, 0.717) is 43.7 Å². The average molecular weight is 691 g/mol. The third kappa shape index (κ3) is 8.24. The molecule has 0 aliphatic carbocycles. The summed E-state index contributed by atoms with van der Waals surface area (Å²) < 4.78 is 15.7. The number of benzene rings is 1. The summed E-state index contributed by atoms with van der Waals surface area (Å²) in [4.78, 5) is 27.2. The molecule has 1 aliphatic rings. The predicted octanol–water partition coefficient (Wildman–Crippen LogP) is 7.65. The first-order chi connectivity index (χ1) is 22.5. The van der Waals surface area contributed by atoms with E-state index in [4.69, 9.17) is 14.1 Å². The number of ether oxygens (including phenoxy) is 1. The molecule has 1 aromatic carbocycles. The smallest absolute Gasteiger partial charge is 0.326 e. The van der Waals surface area contributed by atoms with Crippen LogP contribution in [0.25, 0.3) is 28.2 Å². The van der Waals surface area contributed by atoms with Gasteiger partial charge in [0.1, 0.15) is 18.9 Å². The molecule has 1 fully saturated rings. The van der Waals surface area contributed by atoms with E-state index >= 15 is 0 Å². The van der Waals surface area contributed by atoms with Crippen LogP contribution in [0.5, 0.6) is 0 Å². The van der Waals surface area contributed by atoms with Gasteiger partial charge in [0.2, 0.25) is 0 Å². The summed E-state index contributed by atoms with van der Waals surface area (Å²) in [6, 6.07) is 11.1. The van der Waals surface area contributed by atoms with Crippen molar-refractivity contribution < 1.29 is 14.0 Å². The lowest BCUT2D eigenvalue weighted by atomic mass is 10.0. The van der Waals surface area contributed by atoms with E-state index in [-0.39, 0.29) is 23.0 Å². The van der Waals surface area contributed by atoms with Crippen LogP contribution in [-0.2, 0) is 15.9 Å². The fourth-order valence-corrected chi connectivity index (χ4v) is 7.31. The van der Waals surface area contributed by atoms with Gasteiger partial charge in [0, 0.05) is 51.7 Å². The van der Waals surface area contributed by atoms with Crippen LogP contribution in [0.15, 0.2) is 49.1 Å². The maximum absolute atomic E-state index is 13.8. The predicted molar refractivity (Wildman–Crippen MR) is 197 cm³/mol. The van der Waals surface area contributed by atoms with Crippen molar-refractivity contribution in [1.82, 2.24) is 34.3 Å². The van der Waals surface area contributed by atoms with Gasteiger partial charge in [-0.1, -0.05) is 78.5 Å². The SMILES string of the molecule is CC(C)[C@H]1CN(CCCO[Si](C)(C)C(C)(C)C)C(=O)N1c1ccn2ncc(-c3ccc(-c4ncn(COCC[Si](C)(C)C)n4)cc3)c2n1. The van der Waals surface area contributed by atoms with Crippen molar-refractivity contribution in [3.63, 3.8) is 0 Å². The number of hydrogen-bond acceptors (Lipinski definition) is 7. The lowest BCUT2D eigenvalue weighted by Gasteiger charge is -2.36. The average Bonchev–Trinajstić information content (AvgIpc) is 3.74. The third-order valence-electron chi connectivity index (χ3n) is 9.64. The zero-order chi connectivity index (χ0) is 34.9. The molecule has 0 bridgehead atoms. The summed E-state index contributed by atoms with van der Waals surface area (Å²) >= 11 is 0. The highest BCUT2D eigenvalue weighted by Crippen LogP contribution is 2.37. The minimum absolute atomic E-state index is 0.00307. The van der Waals surface area contributed by atoms with Crippen LogP contribution < -0.4 is 4.90 Å². The molecule has 0 radical (unpaired) electrons. The Labute approximate surface area is 287 Å². The molecule has 1 saturated heterocycles. The standard InChI is InChI=1S/C35H54N8O3Si2/c1-26(2)30-23-40(17-11-19-46-48(9,10)35(3,4)5)34(44)43(30)31-16-18-42-33(38-31)29(22-37-42)27-12-14-28(15-13-27)32-36-24-41(39-32)25-45-20-21-47(6,7)8/h12-16,18,22,24,26,30H,11,17,19-21,23,25H2,1-10H3/t30-/m1/s1. The van der Waals surface area contributed by atoms with E-state index in [1.54, 1.807) is 15.5 Å². The third-order valence-corrected chi connectivity index (χ3v) is 15.9. The van der Waals surface area contributed by atoms with Crippen molar-refractivity contribution in [1.29, 1.82) is 0 Å². The Morgan fingerprint density at radius 3 is 2.38 bits per heavy atom. The van der Waals surface area contributed by atoms with E-state index in [1.165, 1.54) is 0 Å². The van der Waals surface area contributed by atoms with Crippen LogP contribution in [-0.4, -0.2) is 89.0 Å². The van der Waals surface area contributed by atoms with Gasteiger partial charge < -0.3 is 14.1 Å². The molecule has 13 heteroatoms. The monoisotopic (exact) mass is 690 g/mol. The molecule has 48 heavy (non-hydrogen) atoms. The number of carbonyl (C=O) groups excluding carboxylic acids is 1. The number of hydrogen-bond donors (Lipinski definition) is 0. The highest BCUT2D eigenvalue weighted by Gasteiger charge is 2.41. The molecule has 0 N–H and O–H groups in total. The largest absolute Gasteiger partial charge is 0.417 e. The Morgan fingerprint density at radius 2 is 1.71 bits per heavy atom. The minimum Gasteiger partial charge on any atom is -0.417 e. The first-order valence-electron chi connectivity index (χ1n) is 17.2. The van der Waals surface area contributed by atoms with E-state index in [1.807, 2.05) is 52.5 Å². The second kappa shape index (κ2) is 14.2. The first-order valence-corrected chi connectivity index (χ1v) is 23.8. The normalized spacial score (nSPS) is 16.2. The van der Waals surface area contributed by atoms with Gasteiger partial charge in [0.05, 0.1) is 12.2 Å². The fraction of sp³-hybridized carbons (Fsp3) is 0.571. The van der Waals surface area contributed by atoms with Gasteiger partial charge >= 0.3 is 6.03 Å². The Kier molecular flexibility index (Phi) is 10.6. The number of anilines is 1. The maximum atomic E-state index is 13.8. The Hall–Kier alpha value is -3.40. The number of urea groups is 1. The van der Waals surface area contributed by atoms with Gasteiger partial charge in [-0.3, -0.25) is 4.90 Å². The molecule has 0 spiro atoms. The first kappa shape index (κ1) is 35.9. The second-order valence-corrected chi connectivity index (χ2v) is 26.4. The molecule has 0 saturated carbocycles. The number of rotatable bonds is 14. The van der Waals surface area contributed by atoms with Gasteiger partial charge in [-0.25, -0.2) is 24.0 Å². The molecule has 3 aromatic heterocycles. The van der Waals surface area contributed by atoms with E-state index in [0.717, 1.165) is 35.8 Å². The van der Waals surface area contributed by atoms with E-state index in [9.17, 15) is 4.79 Å². The van der Waals surface area contributed by atoms with E-state index < -0.39 is 16.4 Å². The summed E-state index contributed by atoms with van der Waals surface area (Å²) in [5.74, 6) is 1.57. The Balaban J connectivity index is 1.28. The summed E-state index contributed by atoms with van der Waals surface area (Å²) in [5.41, 5.74) is 3.49. The van der Waals surface area contributed by atoms with Gasteiger partial charge in [-0.15, -0.1) is 5.10 Å². The van der Waals surface area contributed by atoms with Crippen LogP contribution in [0.3, 0.4) is 0 Å². The molecule has 1 atom stereocenters. The Morgan fingerprint density at radius 1 is 1.00 bits per heavy atom. The zero-order valence-corrected chi connectivity index (χ0v) is 32.5. The number of fused-ring (bicyclic) bond motifs is 1. The van der Waals surface area contributed by atoms with Crippen LogP contribution in [0.2, 0.25) is 43.8 Å². The molecule has 11 nitrogen and oxygen atoms in total. The lowest BCUT2D eigenvalue weighted by Crippen LogP contribution is -2.41. The Bertz CT molecular complexity index is 1690. The van der Waals surface area contributed by atoms with Crippen LogP contribution in [0, 0.1) is 5.92 Å². The van der Waals surface area contributed by atoms with Crippen molar-refractivity contribution >= 4 is 33.9 Å². The molecule has 4 aromatic rings. The summed E-state index contributed by atoms with van der Waals surface area (Å²) in [6.45, 7) is 25.8. The highest BCUT2D eigenvalue weighted by molar-refractivity contribution is 6.76. The number of nitrogens with zero attached hydrogens (tertiary/aromatic N) is 8. The second-order valence-electron chi connectivity index (χ2n) is 16.0. The van der Waals surface area contributed by atoms with Crippen molar-refractivity contribution in [2.45, 2.75) is 97.6 Å². The fourth-order valence-electron chi connectivity index (χ4n) is 5.46.